The summed E-state index contributed by atoms with van der Waals surface area (Å²) < 4.78 is 24.8. The molecular weight excluding hydrogens is 254 g/mol. The highest BCUT2D eigenvalue weighted by Crippen LogP contribution is 2.39. The van der Waals surface area contributed by atoms with E-state index in [2.05, 4.69) is 15.9 Å². The third-order valence-corrected chi connectivity index (χ3v) is 6.29. The Bertz CT molecular complexity index is 291. The van der Waals surface area contributed by atoms with E-state index in [9.17, 15) is 8.42 Å². The topological polar surface area (TPSA) is 37.4 Å². The van der Waals surface area contributed by atoms with E-state index in [1.807, 2.05) is 0 Å². The smallest absolute Gasteiger partial charge is 0.211 e. The predicted octanol–water partition coefficient (Wildman–Crippen LogP) is 1.54. The Morgan fingerprint density at radius 3 is 2.62 bits per heavy atom. The van der Waals surface area contributed by atoms with Crippen LogP contribution in [0.4, 0.5) is 0 Å². The molecule has 0 aromatic rings. The minimum absolute atomic E-state index is 0.0726. The van der Waals surface area contributed by atoms with Gasteiger partial charge in [-0.2, -0.15) is 4.31 Å². The number of fused-ring (bicyclic) bond motifs is 1. The largest absolute Gasteiger partial charge is 0.224 e. The zero-order chi connectivity index (χ0) is 9.47. The molecule has 0 aromatic carbocycles. The summed E-state index contributed by atoms with van der Waals surface area (Å²) in [6.45, 7) is 0.763. The molecule has 0 N–H and O–H groups in total. The number of hydrogen-bond acceptors (Lipinski definition) is 2. The van der Waals surface area contributed by atoms with Gasteiger partial charge < -0.3 is 0 Å². The molecule has 3 nitrogen and oxygen atoms in total. The SMILES string of the molecule is O=S(=O)(CBr)N1CC2CCCCC21. The lowest BCUT2D eigenvalue weighted by atomic mass is 9.79. The summed E-state index contributed by atoms with van der Waals surface area (Å²) in [5.41, 5.74) is 0. The summed E-state index contributed by atoms with van der Waals surface area (Å²) in [5.74, 6) is 0.655. The number of alkyl halides is 1. The van der Waals surface area contributed by atoms with E-state index in [1.165, 1.54) is 19.3 Å². The van der Waals surface area contributed by atoms with Crippen molar-refractivity contribution in [2.24, 2.45) is 5.92 Å². The summed E-state index contributed by atoms with van der Waals surface area (Å²) in [4.78, 5) is 0. The monoisotopic (exact) mass is 267 g/mol. The van der Waals surface area contributed by atoms with Crippen molar-refractivity contribution in [2.75, 3.05) is 11.2 Å². The van der Waals surface area contributed by atoms with E-state index in [1.54, 1.807) is 4.31 Å². The first kappa shape index (κ1) is 9.93. The van der Waals surface area contributed by atoms with Crippen LogP contribution in [0.15, 0.2) is 0 Å². The van der Waals surface area contributed by atoms with Crippen molar-refractivity contribution < 1.29 is 8.42 Å². The van der Waals surface area contributed by atoms with Crippen LogP contribution in [0.25, 0.3) is 0 Å². The molecule has 0 bridgehead atoms. The lowest BCUT2D eigenvalue weighted by Gasteiger charge is -2.49. The number of halogens is 1. The van der Waals surface area contributed by atoms with E-state index < -0.39 is 10.0 Å². The average molecular weight is 268 g/mol. The number of hydrogen-bond donors (Lipinski definition) is 0. The zero-order valence-corrected chi connectivity index (χ0v) is 9.85. The van der Waals surface area contributed by atoms with Gasteiger partial charge in [-0.05, 0) is 18.8 Å². The second kappa shape index (κ2) is 3.51. The van der Waals surface area contributed by atoms with Gasteiger partial charge in [-0.3, -0.25) is 0 Å². The second-order valence-corrected chi connectivity index (χ2v) is 7.13. The molecule has 1 aliphatic carbocycles. The molecule has 0 spiro atoms. The fraction of sp³-hybridized carbons (Fsp3) is 1.00. The minimum Gasteiger partial charge on any atom is -0.211 e. The lowest BCUT2D eigenvalue weighted by molar-refractivity contribution is 0.0607. The summed E-state index contributed by atoms with van der Waals surface area (Å²) >= 11 is 3.03. The molecule has 1 saturated carbocycles. The van der Waals surface area contributed by atoms with Crippen LogP contribution < -0.4 is 0 Å². The van der Waals surface area contributed by atoms with Gasteiger partial charge in [0.2, 0.25) is 10.0 Å². The third-order valence-electron chi connectivity index (χ3n) is 3.15. The van der Waals surface area contributed by atoms with Gasteiger partial charge in [0.15, 0.2) is 0 Å². The van der Waals surface area contributed by atoms with Crippen molar-refractivity contribution in [1.82, 2.24) is 4.31 Å². The van der Waals surface area contributed by atoms with Gasteiger partial charge in [-0.1, -0.05) is 28.8 Å². The molecule has 1 aliphatic heterocycles. The summed E-state index contributed by atoms with van der Waals surface area (Å²) in [7, 11) is -2.98. The molecule has 2 atom stereocenters. The minimum atomic E-state index is -2.98. The van der Waals surface area contributed by atoms with Crippen LogP contribution >= 0.6 is 15.9 Å². The Morgan fingerprint density at radius 1 is 1.31 bits per heavy atom. The molecule has 1 saturated heterocycles. The average Bonchev–Trinajstić information content (AvgIpc) is 2.07. The van der Waals surface area contributed by atoms with Crippen LogP contribution in [0.2, 0.25) is 0 Å². The van der Waals surface area contributed by atoms with Crippen molar-refractivity contribution in [3.8, 4) is 0 Å². The van der Waals surface area contributed by atoms with Crippen LogP contribution in [0.1, 0.15) is 25.7 Å². The van der Waals surface area contributed by atoms with E-state index in [0.717, 1.165) is 13.0 Å². The van der Waals surface area contributed by atoms with E-state index in [-0.39, 0.29) is 4.66 Å². The summed E-state index contributed by atoms with van der Waals surface area (Å²) in [6, 6.07) is 0.330. The van der Waals surface area contributed by atoms with Crippen molar-refractivity contribution in [3.63, 3.8) is 0 Å². The van der Waals surface area contributed by atoms with Gasteiger partial charge in [0.1, 0.15) is 4.66 Å². The molecule has 0 aromatic heterocycles. The van der Waals surface area contributed by atoms with Crippen LogP contribution in [0.3, 0.4) is 0 Å². The van der Waals surface area contributed by atoms with Crippen molar-refractivity contribution >= 4 is 26.0 Å². The first-order valence-corrected chi connectivity index (χ1v) is 7.43. The normalized spacial score (nSPS) is 35.2. The van der Waals surface area contributed by atoms with E-state index in [4.69, 9.17) is 0 Å². The zero-order valence-electron chi connectivity index (χ0n) is 7.45. The molecule has 5 heteroatoms. The number of sulfonamides is 1. The molecule has 2 aliphatic rings. The van der Waals surface area contributed by atoms with E-state index in [0.29, 0.717) is 12.0 Å². The summed E-state index contributed by atoms with van der Waals surface area (Å²) in [6.07, 6.45) is 4.76. The molecule has 0 radical (unpaired) electrons. The first-order valence-electron chi connectivity index (χ1n) is 4.70. The van der Waals surface area contributed by atoms with Gasteiger partial charge in [0.25, 0.3) is 0 Å². The van der Waals surface area contributed by atoms with Gasteiger partial charge >= 0.3 is 0 Å². The first-order chi connectivity index (χ1) is 6.15. The van der Waals surface area contributed by atoms with Gasteiger partial charge in [0, 0.05) is 12.6 Å². The molecule has 13 heavy (non-hydrogen) atoms. The van der Waals surface area contributed by atoms with Gasteiger partial charge in [-0.15, -0.1) is 0 Å². The standard InChI is InChI=1S/C8H14BrNO2S/c9-6-13(11,12)10-5-7-3-1-2-4-8(7)10/h7-8H,1-6H2. The van der Waals surface area contributed by atoms with Crippen LogP contribution in [0, 0.1) is 5.92 Å². The molecular formula is C8H14BrNO2S. The van der Waals surface area contributed by atoms with Crippen LogP contribution in [-0.4, -0.2) is 30.0 Å². The fourth-order valence-corrected chi connectivity index (χ4v) is 4.41. The molecule has 1 heterocycles. The Hall–Kier alpha value is 0.390. The second-order valence-electron chi connectivity index (χ2n) is 3.90. The van der Waals surface area contributed by atoms with Crippen LogP contribution in [0.5, 0.6) is 0 Å². The maximum atomic E-state index is 11.5. The van der Waals surface area contributed by atoms with Crippen molar-refractivity contribution in [3.05, 3.63) is 0 Å². The maximum absolute atomic E-state index is 11.5. The molecule has 2 fully saturated rings. The highest BCUT2D eigenvalue weighted by Gasteiger charge is 2.45. The van der Waals surface area contributed by atoms with Gasteiger partial charge in [0.05, 0.1) is 0 Å². The van der Waals surface area contributed by atoms with Gasteiger partial charge in [-0.25, -0.2) is 8.42 Å². The Morgan fingerprint density at radius 2 is 2.00 bits per heavy atom. The maximum Gasteiger partial charge on any atom is 0.224 e. The Labute approximate surface area is 87.7 Å². The molecule has 2 rings (SSSR count). The van der Waals surface area contributed by atoms with Crippen molar-refractivity contribution in [1.29, 1.82) is 0 Å². The third kappa shape index (κ3) is 1.66. The van der Waals surface area contributed by atoms with E-state index >= 15 is 0 Å². The quantitative estimate of drug-likeness (QED) is 0.712. The number of nitrogens with zero attached hydrogens (tertiary/aromatic N) is 1. The molecule has 76 valence electrons. The Balaban J connectivity index is 2.05. The number of rotatable bonds is 2. The molecule has 2 unspecified atom stereocenters. The van der Waals surface area contributed by atoms with Crippen LogP contribution in [-0.2, 0) is 10.0 Å². The Kier molecular flexibility index (Phi) is 2.68. The summed E-state index contributed by atoms with van der Waals surface area (Å²) in [5, 5.41) is 0. The highest BCUT2D eigenvalue weighted by atomic mass is 79.9. The highest BCUT2D eigenvalue weighted by molar-refractivity contribution is 9.10. The predicted molar refractivity (Wildman–Crippen MR) is 55.2 cm³/mol. The molecule has 0 amide bonds. The van der Waals surface area contributed by atoms with Crippen molar-refractivity contribution in [2.45, 2.75) is 31.7 Å². The lowest BCUT2D eigenvalue weighted by Crippen LogP contribution is -2.59. The fourth-order valence-electron chi connectivity index (χ4n) is 2.39.